The van der Waals surface area contributed by atoms with Gasteiger partial charge in [0.15, 0.2) is 0 Å². The molecule has 0 aliphatic heterocycles. The van der Waals surface area contributed by atoms with Crippen molar-refractivity contribution in [3.05, 3.63) is 75.7 Å². The molecule has 100 valence electrons. The lowest BCUT2D eigenvalue weighted by Crippen LogP contribution is -2.00. The van der Waals surface area contributed by atoms with Gasteiger partial charge in [0.2, 0.25) is 0 Å². The molecule has 0 saturated heterocycles. The number of benzene rings is 3. The van der Waals surface area contributed by atoms with Gasteiger partial charge in [-0.25, -0.2) is 0 Å². The Morgan fingerprint density at radius 3 is 2.55 bits per heavy atom. The van der Waals surface area contributed by atoms with Crippen LogP contribution in [-0.2, 0) is 6.54 Å². The first-order valence-electron chi connectivity index (χ1n) is 6.39. The number of halogens is 2. The van der Waals surface area contributed by atoms with Crippen LogP contribution in [0, 0.1) is 0 Å². The van der Waals surface area contributed by atoms with Crippen molar-refractivity contribution in [2.75, 3.05) is 5.32 Å². The van der Waals surface area contributed by atoms with Gasteiger partial charge in [0.05, 0.1) is 0 Å². The van der Waals surface area contributed by atoms with Crippen molar-refractivity contribution in [2.45, 2.75) is 6.54 Å². The Morgan fingerprint density at radius 1 is 0.900 bits per heavy atom. The van der Waals surface area contributed by atoms with E-state index in [-0.39, 0.29) is 0 Å². The molecule has 0 heterocycles. The third-order valence-electron chi connectivity index (χ3n) is 3.24. The fourth-order valence-electron chi connectivity index (χ4n) is 2.18. The Kier molecular flexibility index (Phi) is 3.95. The molecule has 0 aliphatic carbocycles. The van der Waals surface area contributed by atoms with Gasteiger partial charge in [0.25, 0.3) is 0 Å². The third kappa shape index (κ3) is 2.97. The smallest absolute Gasteiger partial charge is 0.0456 e. The van der Waals surface area contributed by atoms with E-state index in [4.69, 9.17) is 11.6 Å². The first-order valence-corrected chi connectivity index (χ1v) is 7.56. The minimum Gasteiger partial charge on any atom is -0.381 e. The maximum atomic E-state index is 6.20. The zero-order valence-corrected chi connectivity index (χ0v) is 13.1. The molecule has 3 heteroatoms. The van der Waals surface area contributed by atoms with Gasteiger partial charge in [0.1, 0.15) is 0 Å². The number of nitrogens with one attached hydrogen (secondary N) is 1. The molecule has 0 radical (unpaired) electrons. The molecule has 0 aromatic heterocycles. The van der Waals surface area contributed by atoms with Crippen LogP contribution in [0.15, 0.2) is 65.1 Å². The van der Waals surface area contributed by atoms with E-state index in [1.54, 1.807) is 0 Å². The Labute approximate surface area is 131 Å². The second kappa shape index (κ2) is 5.86. The maximum Gasteiger partial charge on any atom is 0.0456 e. The summed E-state index contributed by atoms with van der Waals surface area (Å²) in [5.74, 6) is 0. The molecule has 3 aromatic rings. The number of anilines is 1. The second-order valence-electron chi connectivity index (χ2n) is 4.65. The van der Waals surface area contributed by atoms with Gasteiger partial charge in [0, 0.05) is 21.7 Å². The van der Waals surface area contributed by atoms with Crippen LogP contribution < -0.4 is 5.32 Å². The van der Waals surface area contributed by atoms with E-state index < -0.39 is 0 Å². The standard InChI is InChI=1S/C17H13BrClN/c18-15-6-8-17(19)14(9-15)11-20-16-7-5-12-3-1-2-4-13(12)10-16/h1-10,20H,11H2. The maximum absolute atomic E-state index is 6.20. The Balaban J connectivity index is 1.81. The predicted octanol–water partition coefficient (Wildman–Crippen LogP) is 5.87. The lowest BCUT2D eigenvalue weighted by molar-refractivity contribution is 1.15. The summed E-state index contributed by atoms with van der Waals surface area (Å²) >= 11 is 9.67. The quantitative estimate of drug-likeness (QED) is 0.625. The van der Waals surface area contributed by atoms with Gasteiger partial charge < -0.3 is 5.32 Å². The van der Waals surface area contributed by atoms with Crippen LogP contribution in [0.25, 0.3) is 10.8 Å². The first-order chi connectivity index (χ1) is 9.72. The third-order valence-corrected chi connectivity index (χ3v) is 4.10. The van der Waals surface area contributed by atoms with Gasteiger partial charge >= 0.3 is 0 Å². The highest BCUT2D eigenvalue weighted by Gasteiger charge is 2.02. The van der Waals surface area contributed by atoms with Crippen molar-refractivity contribution in [2.24, 2.45) is 0 Å². The van der Waals surface area contributed by atoms with E-state index in [1.807, 2.05) is 18.2 Å². The summed E-state index contributed by atoms with van der Waals surface area (Å²) in [7, 11) is 0. The monoisotopic (exact) mass is 345 g/mol. The van der Waals surface area contributed by atoms with Crippen molar-refractivity contribution >= 4 is 44.0 Å². The summed E-state index contributed by atoms with van der Waals surface area (Å²) in [5, 5.41) is 6.68. The van der Waals surface area contributed by atoms with Gasteiger partial charge in [-0.05, 0) is 46.7 Å². The SMILES string of the molecule is Clc1ccc(Br)cc1CNc1ccc2ccccc2c1. The molecular formula is C17H13BrClN. The summed E-state index contributed by atoms with van der Waals surface area (Å²) in [4.78, 5) is 0. The van der Waals surface area contributed by atoms with Crippen molar-refractivity contribution in [1.29, 1.82) is 0 Å². The Morgan fingerprint density at radius 2 is 1.70 bits per heavy atom. The van der Waals surface area contributed by atoms with Gasteiger partial charge in [-0.15, -0.1) is 0 Å². The minimum absolute atomic E-state index is 0.705. The highest BCUT2D eigenvalue weighted by molar-refractivity contribution is 9.10. The van der Waals surface area contributed by atoms with Gasteiger partial charge in [-0.2, -0.15) is 0 Å². The van der Waals surface area contributed by atoms with E-state index in [2.05, 4.69) is 63.7 Å². The van der Waals surface area contributed by atoms with Gasteiger partial charge in [-0.1, -0.05) is 57.9 Å². The summed E-state index contributed by atoms with van der Waals surface area (Å²) in [6.45, 7) is 0.705. The molecule has 0 saturated carbocycles. The molecule has 1 N–H and O–H groups in total. The molecule has 3 aromatic carbocycles. The highest BCUT2D eigenvalue weighted by Crippen LogP contribution is 2.23. The van der Waals surface area contributed by atoms with Crippen molar-refractivity contribution in [3.63, 3.8) is 0 Å². The van der Waals surface area contributed by atoms with Crippen LogP contribution in [0.5, 0.6) is 0 Å². The summed E-state index contributed by atoms with van der Waals surface area (Å²) in [6, 6.07) is 20.6. The van der Waals surface area contributed by atoms with Crippen LogP contribution in [0.2, 0.25) is 5.02 Å². The number of hydrogen-bond donors (Lipinski definition) is 1. The lowest BCUT2D eigenvalue weighted by atomic mass is 10.1. The van der Waals surface area contributed by atoms with Crippen LogP contribution in [0.4, 0.5) is 5.69 Å². The Bertz CT molecular complexity index is 755. The molecule has 0 atom stereocenters. The number of fused-ring (bicyclic) bond motifs is 1. The molecular weight excluding hydrogens is 334 g/mol. The van der Waals surface area contributed by atoms with Crippen LogP contribution in [-0.4, -0.2) is 0 Å². The number of hydrogen-bond acceptors (Lipinski definition) is 1. The van der Waals surface area contributed by atoms with E-state index in [9.17, 15) is 0 Å². The lowest BCUT2D eigenvalue weighted by Gasteiger charge is -2.09. The fraction of sp³-hybridized carbons (Fsp3) is 0.0588. The molecule has 3 rings (SSSR count). The average Bonchev–Trinajstić information content (AvgIpc) is 2.48. The van der Waals surface area contributed by atoms with Gasteiger partial charge in [-0.3, -0.25) is 0 Å². The van der Waals surface area contributed by atoms with E-state index >= 15 is 0 Å². The zero-order valence-electron chi connectivity index (χ0n) is 10.7. The molecule has 20 heavy (non-hydrogen) atoms. The second-order valence-corrected chi connectivity index (χ2v) is 5.97. The average molecular weight is 347 g/mol. The van der Waals surface area contributed by atoms with E-state index in [0.29, 0.717) is 6.54 Å². The summed E-state index contributed by atoms with van der Waals surface area (Å²) in [5.41, 5.74) is 2.17. The molecule has 1 nitrogen and oxygen atoms in total. The van der Waals surface area contributed by atoms with Crippen molar-refractivity contribution < 1.29 is 0 Å². The molecule has 0 aliphatic rings. The molecule has 0 bridgehead atoms. The topological polar surface area (TPSA) is 12.0 Å². The van der Waals surface area contributed by atoms with Crippen molar-refractivity contribution in [1.82, 2.24) is 0 Å². The molecule has 0 spiro atoms. The largest absolute Gasteiger partial charge is 0.381 e. The Hall–Kier alpha value is -1.51. The molecule has 0 amide bonds. The molecule has 0 fully saturated rings. The van der Waals surface area contributed by atoms with E-state index in [1.165, 1.54) is 10.8 Å². The van der Waals surface area contributed by atoms with Crippen LogP contribution in [0.3, 0.4) is 0 Å². The van der Waals surface area contributed by atoms with Crippen LogP contribution in [0.1, 0.15) is 5.56 Å². The summed E-state index contributed by atoms with van der Waals surface area (Å²) < 4.78 is 1.04. The predicted molar refractivity (Wildman–Crippen MR) is 90.4 cm³/mol. The number of rotatable bonds is 3. The van der Waals surface area contributed by atoms with E-state index in [0.717, 1.165) is 20.7 Å². The normalized spacial score (nSPS) is 10.7. The first kappa shape index (κ1) is 13.5. The van der Waals surface area contributed by atoms with Crippen molar-refractivity contribution in [3.8, 4) is 0 Å². The zero-order chi connectivity index (χ0) is 13.9. The van der Waals surface area contributed by atoms with Crippen LogP contribution >= 0.6 is 27.5 Å². The minimum atomic E-state index is 0.705. The molecule has 0 unspecified atom stereocenters. The fourth-order valence-corrected chi connectivity index (χ4v) is 2.77. The highest BCUT2D eigenvalue weighted by atomic mass is 79.9. The summed E-state index contributed by atoms with van der Waals surface area (Å²) in [6.07, 6.45) is 0.